The number of nitrogens with one attached hydrogen (secondary N) is 1. The second-order valence-corrected chi connectivity index (χ2v) is 3.55. The molecular formula is C10H8N4O3. The molecule has 0 bridgehead atoms. The molecule has 0 saturated heterocycles. The van der Waals surface area contributed by atoms with Gasteiger partial charge in [0.1, 0.15) is 5.75 Å². The van der Waals surface area contributed by atoms with E-state index in [9.17, 15) is 4.79 Å². The van der Waals surface area contributed by atoms with Gasteiger partial charge in [0.15, 0.2) is 18.1 Å². The van der Waals surface area contributed by atoms with Gasteiger partial charge >= 0.3 is 0 Å². The lowest BCUT2D eigenvalue weighted by Gasteiger charge is -2.18. The molecule has 0 aliphatic carbocycles. The largest absolute Gasteiger partial charge is 0.482 e. The van der Waals surface area contributed by atoms with E-state index in [2.05, 4.69) is 20.3 Å². The first-order valence-corrected chi connectivity index (χ1v) is 4.89. The maximum atomic E-state index is 11.2. The van der Waals surface area contributed by atoms with Crippen LogP contribution in [0.5, 0.6) is 5.75 Å². The predicted octanol–water partition coefficient (Wildman–Crippen LogP) is 0.650. The zero-order chi connectivity index (χ0) is 11.8. The summed E-state index contributed by atoms with van der Waals surface area (Å²) >= 11 is 0. The Morgan fingerprint density at radius 3 is 3.00 bits per heavy atom. The summed E-state index contributed by atoms with van der Waals surface area (Å²) in [5.74, 6) is 0.622. The molecule has 1 aromatic carbocycles. The molecular weight excluding hydrogens is 224 g/mol. The van der Waals surface area contributed by atoms with E-state index >= 15 is 0 Å². The van der Waals surface area contributed by atoms with Gasteiger partial charge in [-0.2, -0.15) is 0 Å². The highest BCUT2D eigenvalue weighted by molar-refractivity contribution is 5.96. The van der Waals surface area contributed by atoms with Gasteiger partial charge in [0.25, 0.3) is 5.91 Å². The maximum Gasteiger partial charge on any atom is 0.262 e. The number of amides is 1. The highest BCUT2D eigenvalue weighted by Crippen LogP contribution is 2.33. The van der Waals surface area contributed by atoms with E-state index in [4.69, 9.17) is 10.5 Å². The van der Waals surface area contributed by atoms with Crippen LogP contribution in [0.25, 0.3) is 11.3 Å². The fourth-order valence-corrected chi connectivity index (χ4v) is 1.63. The Kier molecular flexibility index (Phi) is 1.97. The summed E-state index contributed by atoms with van der Waals surface area (Å²) in [5, 5.41) is 9.88. The van der Waals surface area contributed by atoms with Crippen molar-refractivity contribution in [2.45, 2.75) is 0 Å². The van der Waals surface area contributed by atoms with Gasteiger partial charge in [0.05, 0.1) is 5.69 Å². The predicted molar refractivity (Wildman–Crippen MR) is 58.3 cm³/mol. The monoisotopic (exact) mass is 232 g/mol. The SMILES string of the molecule is Nc1nonc1-c1ccc2c(c1)NC(=O)CO2. The van der Waals surface area contributed by atoms with Crippen LogP contribution < -0.4 is 15.8 Å². The topological polar surface area (TPSA) is 103 Å². The molecule has 1 aliphatic heterocycles. The molecule has 1 aromatic heterocycles. The van der Waals surface area contributed by atoms with Crippen molar-refractivity contribution >= 4 is 17.4 Å². The molecule has 2 aromatic rings. The lowest BCUT2D eigenvalue weighted by atomic mass is 10.1. The van der Waals surface area contributed by atoms with Crippen molar-refractivity contribution in [1.29, 1.82) is 0 Å². The molecule has 86 valence electrons. The summed E-state index contributed by atoms with van der Waals surface area (Å²) in [6, 6.07) is 5.21. The van der Waals surface area contributed by atoms with Crippen LogP contribution >= 0.6 is 0 Å². The number of aromatic nitrogens is 2. The second-order valence-electron chi connectivity index (χ2n) is 3.55. The number of anilines is 2. The Hall–Kier alpha value is -2.57. The van der Waals surface area contributed by atoms with E-state index in [-0.39, 0.29) is 18.3 Å². The molecule has 2 heterocycles. The van der Waals surface area contributed by atoms with E-state index in [1.807, 2.05) is 0 Å². The van der Waals surface area contributed by atoms with E-state index < -0.39 is 0 Å². The third-order valence-corrected chi connectivity index (χ3v) is 2.40. The van der Waals surface area contributed by atoms with Crippen molar-refractivity contribution in [3.8, 4) is 17.0 Å². The first-order chi connectivity index (χ1) is 8.24. The normalized spacial score (nSPS) is 13.8. The molecule has 0 atom stereocenters. The van der Waals surface area contributed by atoms with Crippen molar-refractivity contribution in [3.05, 3.63) is 18.2 Å². The van der Waals surface area contributed by atoms with Gasteiger partial charge in [-0.1, -0.05) is 0 Å². The van der Waals surface area contributed by atoms with Gasteiger partial charge in [-0.3, -0.25) is 4.79 Å². The Morgan fingerprint density at radius 2 is 2.24 bits per heavy atom. The molecule has 0 fully saturated rings. The molecule has 0 spiro atoms. The minimum atomic E-state index is -0.194. The highest BCUT2D eigenvalue weighted by Gasteiger charge is 2.18. The zero-order valence-electron chi connectivity index (χ0n) is 8.64. The lowest BCUT2D eigenvalue weighted by Crippen LogP contribution is -2.25. The molecule has 7 nitrogen and oxygen atoms in total. The van der Waals surface area contributed by atoms with Crippen LogP contribution in [0.3, 0.4) is 0 Å². The maximum absolute atomic E-state index is 11.2. The summed E-state index contributed by atoms with van der Waals surface area (Å²) in [7, 11) is 0. The number of carbonyl (C=O) groups is 1. The van der Waals surface area contributed by atoms with Gasteiger partial charge < -0.3 is 15.8 Å². The van der Waals surface area contributed by atoms with E-state index in [0.717, 1.165) is 0 Å². The van der Waals surface area contributed by atoms with Crippen LogP contribution in [0.4, 0.5) is 11.5 Å². The van der Waals surface area contributed by atoms with Crippen molar-refractivity contribution < 1.29 is 14.2 Å². The van der Waals surface area contributed by atoms with Gasteiger partial charge in [-0.15, -0.1) is 0 Å². The lowest BCUT2D eigenvalue weighted by molar-refractivity contribution is -0.118. The third-order valence-electron chi connectivity index (χ3n) is 2.40. The summed E-state index contributed by atoms with van der Waals surface area (Å²) < 4.78 is 9.76. The zero-order valence-corrected chi connectivity index (χ0v) is 8.64. The second kappa shape index (κ2) is 3.48. The van der Waals surface area contributed by atoms with Crippen molar-refractivity contribution in [2.24, 2.45) is 0 Å². The molecule has 7 heteroatoms. The Labute approximate surface area is 95.5 Å². The van der Waals surface area contributed by atoms with Gasteiger partial charge in [0.2, 0.25) is 0 Å². The van der Waals surface area contributed by atoms with Crippen molar-refractivity contribution in [2.75, 3.05) is 17.7 Å². The number of ether oxygens (including phenoxy) is 1. The Bertz CT molecular complexity index is 593. The van der Waals surface area contributed by atoms with E-state index in [0.29, 0.717) is 22.7 Å². The summed E-state index contributed by atoms with van der Waals surface area (Å²) in [6.45, 7) is 0.0278. The van der Waals surface area contributed by atoms with Crippen molar-refractivity contribution in [3.63, 3.8) is 0 Å². The average Bonchev–Trinajstić information content (AvgIpc) is 2.74. The van der Waals surface area contributed by atoms with Gasteiger partial charge in [-0.25, -0.2) is 4.63 Å². The minimum Gasteiger partial charge on any atom is -0.482 e. The van der Waals surface area contributed by atoms with Gasteiger partial charge in [0, 0.05) is 5.56 Å². The van der Waals surface area contributed by atoms with Crippen LogP contribution in [0.1, 0.15) is 0 Å². The molecule has 3 N–H and O–H groups in total. The van der Waals surface area contributed by atoms with E-state index in [1.165, 1.54) is 0 Å². The van der Waals surface area contributed by atoms with Crippen LogP contribution in [-0.2, 0) is 4.79 Å². The van der Waals surface area contributed by atoms with Crippen LogP contribution in [0.2, 0.25) is 0 Å². The van der Waals surface area contributed by atoms with Crippen LogP contribution in [0.15, 0.2) is 22.8 Å². The smallest absolute Gasteiger partial charge is 0.262 e. The van der Waals surface area contributed by atoms with E-state index in [1.54, 1.807) is 18.2 Å². The Balaban J connectivity index is 2.06. The molecule has 3 rings (SSSR count). The minimum absolute atomic E-state index is 0.0278. The molecule has 0 radical (unpaired) electrons. The molecule has 1 amide bonds. The molecule has 0 unspecified atom stereocenters. The Morgan fingerprint density at radius 1 is 1.35 bits per heavy atom. The summed E-state index contributed by atoms with van der Waals surface area (Å²) in [6.07, 6.45) is 0. The third kappa shape index (κ3) is 1.57. The van der Waals surface area contributed by atoms with Gasteiger partial charge in [-0.05, 0) is 28.5 Å². The number of benzene rings is 1. The first-order valence-electron chi connectivity index (χ1n) is 4.89. The first kappa shape index (κ1) is 9.64. The number of carbonyl (C=O) groups excluding carboxylic acids is 1. The quantitative estimate of drug-likeness (QED) is 0.748. The fraction of sp³-hybridized carbons (Fsp3) is 0.100. The summed E-state index contributed by atoms with van der Waals surface area (Å²) in [4.78, 5) is 11.2. The number of hydrogen-bond donors (Lipinski definition) is 2. The number of nitrogens with zero attached hydrogens (tertiary/aromatic N) is 2. The number of nitrogen functional groups attached to an aromatic ring is 1. The number of rotatable bonds is 1. The highest BCUT2D eigenvalue weighted by atomic mass is 16.6. The fourth-order valence-electron chi connectivity index (χ4n) is 1.63. The summed E-state index contributed by atoms with van der Waals surface area (Å²) in [5.41, 5.74) is 7.31. The number of fused-ring (bicyclic) bond motifs is 1. The van der Waals surface area contributed by atoms with Crippen LogP contribution in [-0.4, -0.2) is 22.8 Å². The molecule has 0 saturated carbocycles. The van der Waals surface area contributed by atoms with Crippen LogP contribution in [0, 0.1) is 0 Å². The molecule has 17 heavy (non-hydrogen) atoms. The number of hydrogen-bond acceptors (Lipinski definition) is 6. The number of nitrogens with two attached hydrogens (primary N) is 1. The molecule has 1 aliphatic rings. The average molecular weight is 232 g/mol. The van der Waals surface area contributed by atoms with Crippen molar-refractivity contribution in [1.82, 2.24) is 10.3 Å². The standard InChI is InChI=1S/C10H8N4O3/c11-10-9(13-17-14-10)5-1-2-7-6(3-5)12-8(15)4-16-7/h1-3H,4H2,(H2,11,14)(H,12,15).